The van der Waals surface area contributed by atoms with E-state index in [2.05, 4.69) is 28.5 Å². The van der Waals surface area contributed by atoms with Gasteiger partial charge >= 0.3 is 6.01 Å². The van der Waals surface area contributed by atoms with Gasteiger partial charge in [-0.2, -0.15) is 9.97 Å². The number of fused-ring (bicyclic) bond motifs is 2. The van der Waals surface area contributed by atoms with Gasteiger partial charge in [0.25, 0.3) is 0 Å². The number of hydrogen-bond acceptors (Lipinski definition) is 7. The number of anilines is 1. The van der Waals surface area contributed by atoms with E-state index in [4.69, 9.17) is 9.72 Å². The van der Waals surface area contributed by atoms with Crippen LogP contribution < -0.4 is 9.64 Å². The molecule has 0 N–H and O–H groups in total. The lowest BCUT2D eigenvalue weighted by Crippen LogP contribution is -2.48. The number of benzene rings is 2. The van der Waals surface area contributed by atoms with E-state index in [9.17, 15) is 4.79 Å². The van der Waals surface area contributed by atoms with E-state index in [-0.39, 0.29) is 29.2 Å². The third-order valence-electron chi connectivity index (χ3n) is 7.83. The predicted octanol–water partition coefficient (Wildman–Crippen LogP) is 4.29. The molecule has 2 aliphatic heterocycles. The maximum Gasteiger partial charge on any atom is 0.319 e. The van der Waals surface area contributed by atoms with Crippen molar-refractivity contribution in [2.75, 3.05) is 51.3 Å². The maximum atomic E-state index is 16.3. The minimum absolute atomic E-state index is 0.0978. The summed E-state index contributed by atoms with van der Waals surface area (Å²) < 4.78 is 22.4. The van der Waals surface area contributed by atoms with Crippen LogP contribution in [-0.2, 0) is 4.79 Å². The van der Waals surface area contributed by atoms with E-state index in [1.165, 1.54) is 6.08 Å². The second-order valence-electron chi connectivity index (χ2n) is 10.1. The Bertz CT molecular complexity index is 1550. The van der Waals surface area contributed by atoms with Crippen LogP contribution in [0.3, 0.4) is 0 Å². The van der Waals surface area contributed by atoms with Crippen molar-refractivity contribution in [1.29, 1.82) is 0 Å². The van der Waals surface area contributed by atoms with Crippen LogP contribution in [0.5, 0.6) is 6.01 Å². The van der Waals surface area contributed by atoms with Crippen LogP contribution in [0, 0.1) is 5.82 Å². The summed E-state index contributed by atoms with van der Waals surface area (Å²) in [5, 5.41) is 2.45. The first-order valence-corrected chi connectivity index (χ1v) is 13.4. The van der Waals surface area contributed by atoms with Crippen molar-refractivity contribution >= 4 is 33.4 Å². The minimum atomic E-state index is -0.504. The molecule has 8 nitrogen and oxygen atoms in total. The van der Waals surface area contributed by atoms with Crippen LogP contribution in [-0.4, -0.2) is 83.1 Å². The van der Waals surface area contributed by atoms with Gasteiger partial charge in [-0.15, -0.1) is 0 Å². The minimum Gasteiger partial charge on any atom is -0.462 e. The summed E-state index contributed by atoms with van der Waals surface area (Å²) in [5.41, 5.74) is 1.13. The third kappa shape index (κ3) is 4.78. The molecule has 1 amide bonds. The highest BCUT2D eigenvalue weighted by Gasteiger charge is 2.27. The Labute approximate surface area is 226 Å². The van der Waals surface area contributed by atoms with Crippen molar-refractivity contribution in [3.05, 3.63) is 67.1 Å². The van der Waals surface area contributed by atoms with Crippen molar-refractivity contribution in [2.24, 2.45) is 0 Å². The molecule has 1 atom stereocenters. The fourth-order valence-corrected chi connectivity index (χ4v) is 5.58. The zero-order chi connectivity index (χ0) is 26.9. The summed E-state index contributed by atoms with van der Waals surface area (Å²) in [4.78, 5) is 32.0. The number of hydrogen-bond donors (Lipinski definition) is 0. The molecule has 39 heavy (non-hydrogen) atoms. The number of halogens is 1. The SMILES string of the molecule is C=CC(=O)N1CCN(c2nc(OC[C@@H]3CCCN3C)nc3c(F)c(-c4cccc5ccccc45)ncc23)CC1. The van der Waals surface area contributed by atoms with Gasteiger partial charge in [-0.3, -0.25) is 9.78 Å². The van der Waals surface area contributed by atoms with Gasteiger partial charge in [0.15, 0.2) is 5.82 Å². The van der Waals surface area contributed by atoms with Crippen LogP contribution in [0.4, 0.5) is 10.2 Å². The number of carbonyl (C=O) groups excluding carboxylic acids is 1. The van der Waals surface area contributed by atoms with Crippen LogP contribution in [0.1, 0.15) is 12.8 Å². The van der Waals surface area contributed by atoms with E-state index in [0.717, 1.165) is 30.2 Å². The summed E-state index contributed by atoms with van der Waals surface area (Å²) in [6, 6.07) is 14.1. The smallest absolute Gasteiger partial charge is 0.319 e. The summed E-state index contributed by atoms with van der Waals surface area (Å²) in [6.45, 7) is 7.18. The number of likely N-dealkylation sites (N-methyl/N-ethyl adjacent to an activating group) is 1. The van der Waals surface area contributed by atoms with Crippen molar-refractivity contribution in [2.45, 2.75) is 18.9 Å². The van der Waals surface area contributed by atoms with Crippen molar-refractivity contribution in [3.8, 4) is 17.3 Å². The van der Waals surface area contributed by atoms with E-state index < -0.39 is 5.82 Å². The highest BCUT2D eigenvalue weighted by molar-refractivity contribution is 5.99. The molecular formula is C30H31FN6O2. The molecule has 0 radical (unpaired) electrons. The Balaban J connectivity index is 1.42. The molecule has 2 fully saturated rings. The van der Waals surface area contributed by atoms with Gasteiger partial charge in [0.1, 0.15) is 23.6 Å². The van der Waals surface area contributed by atoms with Crippen molar-refractivity contribution in [3.63, 3.8) is 0 Å². The molecule has 2 saturated heterocycles. The lowest BCUT2D eigenvalue weighted by Gasteiger charge is -2.35. The number of carbonyl (C=O) groups is 1. The molecule has 9 heteroatoms. The second-order valence-corrected chi connectivity index (χ2v) is 10.1. The summed E-state index contributed by atoms with van der Waals surface area (Å²) in [6.07, 6.45) is 5.15. The highest BCUT2D eigenvalue weighted by Crippen LogP contribution is 2.35. The van der Waals surface area contributed by atoms with E-state index >= 15 is 4.39 Å². The van der Waals surface area contributed by atoms with Crippen molar-refractivity contribution in [1.82, 2.24) is 24.8 Å². The first-order valence-electron chi connectivity index (χ1n) is 13.4. The van der Waals surface area contributed by atoms with Crippen LogP contribution in [0.2, 0.25) is 0 Å². The Kier molecular flexibility index (Phi) is 6.83. The average Bonchev–Trinajstić information content (AvgIpc) is 3.40. The molecule has 200 valence electrons. The summed E-state index contributed by atoms with van der Waals surface area (Å²) >= 11 is 0. The average molecular weight is 527 g/mol. The largest absolute Gasteiger partial charge is 0.462 e. The van der Waals surface area contributed by atoms with Gasteiger partial charge < -0.3 is 19.4 Å². The Morgan fingerprint density at radius 1 is 1.08 bits per heavy atom. The molecule has 0 aliphatic carbocycles. The number of piperazine rings is 1. The molecule has 2 aromatic heterocycles. The molecule has 6 rings (SSSR count). The lowest BCUT2D eigenvalue weighted by molar-refractivity contribution is -0.126. The van der Waals surface area contributed by atoms with Gasteiger partial charge in [-0.25, -0.2) is 4.39 Å². The van der Waals surface area contributed by atoms with Crippen LogP contribution >= 0.6 is 0 Å². The molecule has 4 aromatic rings. The third-order valence-corrected chi connectivity index (χ3v) is 7.83. The van der Waals surface area contributed by atoms with Gasteiger partial charge in [-0.1, -0.05) is 49.0 Å². The predicted molar refractivity (Wildman–Crippen MR) is 150 cm³/mol. The second kappa shape index (κ2) is 10.6. The number of aromatic nitrogens is 3. The number of rotatable bonds is 6. The van der Waals surface area contributed by atoms with Gasteiger partial charge in [-0.05, 0) is 43.3 Å². The molecule has 0 saturated carbocycles. The number of pyridine rings is 1. The molecule has 0 spiro atoms. The van der Waals surface area contributed by atoms with Crippen LogP contribution in [0.15, 0.2) is 61.3 Å². The standard InChI is InChI=1S/C30H31FN6O2/c1-3-25(38)36-14-16-37(17-15-36)29-24-18-32-27(23-12-6-9-20-8-4-5-11-22(20)23)26(31)28(24)33-30(34-29)39-19-21-10-7-13-35(21)2/h3-6,8-9,11-12,18,21H,1,7,10,13-17,19H2,2H3/t21-/m0/s1. The molecule has 4 heterocycles. The Morgan fingerprint density at radius 3 is 2.64 bits per heavy atom. The zero-order valence-corrected chi connectivity index (χ0v) is 22.0. The molecule has 0 bridgehead atoms. The van der Waals surface area contributed by atoms with Gasteiger partial charge in [0, 0.05) is 44.0 Å². The fraction of sp³-hybridized carbons (Fsp3) is 0.333. The normalized spacial score (nSPS) is 18.2. The summed E-state index contributed by atoms with van der Waals surface area (Å²) in [5.74, 6) is -0.0356. The van der Waals surface area contributed by atoms with Gasteiger partial charge in [0.2, 0.25) is 5.91 Å². The van der Waals surface area contributed by atoms with E-state index in [1.54, 1.807) is 11.1 Å². The first kappa shape index (κ1) is 25.2. The lowest BCUT2D eigenvalue weighted by atomic mass is 10.0. The van der Waals surface area contributed by atoms with E-state index in [1.807, 2.05) is 47.4 Å². The van der Waals surface area contributed by atoms with E-state index in [0.29, 0.717) is 49.6 Å². The molecule has 2 aliphatic rings. The quantitative estimate of drug-likeness (QED) is 0.347. The topological polar surface area (TPSA) is 74.7 Å². The number of ether oxygens (including phenoxy) is 1. The summed E-state index contributed by atoms with van der Waals surface area (Å²) in [7, 11) is 2.08. The number of likely N-dealkylation sites (tertiary alicyclic amines) is 1. The molecular weight excluding hydrogens is 495 g/mol. The Morgan fingerprint density at radius 2 is 1.87 bits per heavy atom. The molecule has 0 unspecified atom stereocenters. The van der Waals surface area contributed by atoms with Crippen LogP contribution in [0.25, 0.3) is 32.9 Å². The van der Waals surface area contributed by atoms with Crippen molar-refractivity contribution < 1.29 is 13.9 Å². The fourth-order valence-electron chi connectivity index (χ4n) is 5.58. The highest BCUT2D eigenvalue weighted by atomic mass is 19.1. The number of amides is 1. The maximum absolute atomic E-state index is 16.3. The Hall–Kier alpha value is -4.11. The monoisotopic (exact) mass is 526 g/mol. The number of nitrogens with zero attached hydrogens (tertiary/aromatic N) is 6. The molecule has 2 aromatic carbocycles. The zero-order valence-electron chi connectivity index (χ0n) is 22.0. The van der Waals surface area contributed by atoms with Gasteiger partial charge in [0.05, 0.1) is 5.39 Å². The first-order chi connectivity index (χ1) is 19.0.